The number of benzene rings is 9. The Morgan fingerprint density at radius 2 is 0.917 bits per heavy atom. The van der Waals surface area contributed by atoms with E-state index in [1.807, 2.05) is 139 Å². The van der Waals surface area contributed by atoms with E-state index in [0.717, 1.165) is 93.7 Å². The first-order chi connectivity index (χ1) is 63.9. The van der Waals surface area contributed by atoms with Crippen LogP contribution >= 0.6 is 0 Å². The first kappa shape index (κ1) is 93.9. The number of fused-ring (bicyclic) bond motifs is 6. The maximum Gasteiger partial charge on any atom is 0.416 e. The molecule has 132 heavy (non-hydrogen) atoms. The van der Waals surface area contributed by atoms with Gasteiger partial charge in [-0.3, -0.25) is 24.2 Å². The summed E-state index contributed by atoms with van der Waals surface area (Å²) in [7, 11) is 0. The molecule has 7 heterocycles. The Morgan fingerprint density at radius 3 is 1.51 bits per heavy atom. The van der Waals surface area contributed by atoms with Crippen molar-refractivity contribution >= 4 is 65.6 Å². The van der Waals surface area contributed by atoms with Gasteiger partial charge in [-0.05, 0) is 120 Å². The minimum absolute atomic E-state index is 0.0302. The van der Waals surface area contributed by atoms with Crippen LogP contribution in [0.4, 0.5) is 13.2 Å². The Morgan fingerprint density at radius 1 is 0.424 bits per heavy atom. The zero-order chi connectivity index (χ0) is 93.0. The SMILES string of the molecule is CC(C)c1cc(=O)c2c(OCCCCO)cc(COc3cccc4ccccc34)cc2o1.CC(C)c1cc(=O)c2c(OCc3ccccc3CO)cc(OCc3cncnc3)cc2o1.CC(C)c1cc(=O)c2c(OCc3ccccc3CO)cc(Oc3cc(C(F)(F)F)ccn3)cc2o1.Cc1cc(=O)c2c(OCC3CCCCC3CO)cc(Oc3ccnc4ccccc34)cc2o1. The second-order valence-electron chi connectivity index (χ2n) is 32.8. The molecule has 0 amide bonds. The summed E-state index contributed by atoms with van der Waals surface area (Å²) in [5.41, 5.74) is 5.26. The second kappa shape index (κ2) is 43.9. The Bertz CT molecular complexity index is 6950. The van der Waals surface area contributed by atoms with Crippen LogP contribution in [0.5, 0.6) is 57.6 Å². The number of hydrogen-bond donors (Lipinski definition) is 4. The third-order valence-electron chi connectivity index (χ3n) is 22.2. The lowest BCUT2D eigenvalue weighted by atomic mass is 9.80. The fourth-order valence-electron chi connectivity index (χ4n) is 15.2. The summed E-state index contributed by atoms with van der Waals surface area (Å²) in [6, 6.07) is 59.1. The normalized spacial score (nSPS) is 13.2. The maximum absolute atomic E-state index is 13.1. The van der Waals surface area contributed by atoms with E-state index in [-0.39, 0.29) is 126 Å². The van der Waals surface area contributed by atoms with Crippen molar-refractivity contribution in [3.05, 3.63) is 340 Å². The molecule has 0 saturated heterocycles. The van der Waals surface area contributed by atoms with Crippen molar-refractivity contribution in [2.45, 2.75) is 151 Å². The lowest BCUT2D eigenvalue weighted by molar-refractivity contribution is -0.137. The molecule has 7 aromatic heterocycles. The number of para-hydroxylation sites is 1. The third-order valence-corrected chi connectivity index (χ3v) is 22.2. The summed E-state index contributed by atoms with van der Waals surface area (Å²) >= 11 is 0. The largest absolute Gasteiger partial charge is 0.493 e. The molecule has 0 aliphatic heterocycles. The van der Waals surface area contributed by atoms with E-state index in [2.05, 4.69) is 32.1 Å². The maximum atomic E-state index is 13.1. The number of aryl methyl sites for hydroxylation is 1. The molecule has 682 valence electrons. The lowest BCUT2D eigenvalue weighted by Crippen LogP contribution is -2.28. The van der Waals surface area contributed by atoms with Crippen LogP contribution in [-0.2, 0) is 45.8 Å². The van der Waals surface area contributed by atoms with Crippen molar-refractivity contribution in [3.8, 4) is 57.6 Å². The smallest absolute Gasteiger partial charge is 0.416 e. The molecule has 17 rings (SSSR count). The number of nitrogens with zero attached hydrogens (tertiary/aromatic N) is 4. The molecule has 16 aromatic rings. The Balaban J connectivity index is 0.000000142. The minimum Gasteiger partial charge on any atom is -0.493 e. The van der Waals surface area contributed by atoms with Crippen molar-refractivity contribution in [3.63, 3.8) is 0 Å². The van der Waals surface area contributed by atoms with Gasteiger partial charge < -0.3 is 76.0 Å². The van der Waals surface area contributed by atoms with E-state index in [1.54, 1.807) is 80.1 Å². The van der Waals surface area contributed by atoms with E-state index in [9.17, 15) is 47.7 Å². The van der Waals surface area contributed by atoms with Crippen molar-refractivity contribution in [2.75, 3.05) is 26.4 Å². The van der Waals surface area contributed by atoms with Crippen LogP contribution in [0.25, 0.3) is 65.6 Å². The van der Waals surface area contributed by atoms with Crippen molar-refractivity contribution < 1.29 is 89.2 Å². The summed E-state index contributed by atoms with van der Waals surface area (Å²) in [5, 5.41) is 42.4. The Labute approximate surface area is 757 Å². The number of rotatable bonds is 30. The minimum atomic E-state index is -4.56. The van der Waals surface area contributed by atoms with Gasteiger partial charge >= 0.3 is 6.18 Å². The van der Waals surface area contributed by atoms with Crippen molar-refractivity contribution in [1.29, 1.82) is 0 Å². The van der Waals surface area contributed by atoms with Gasteiger partial charge in [-0.15, -0.1) is 0 Å². The highest BCUT2D eigenvalue weighted by atomic mass is 19.4. The van der Waals surface area contributed by atoms with Crippen molar-refractivity contribution in [1.82, 2.24) is 19.9 Å². The molecule has 2 unspecified atom stereocenters. The van der Waals surface area contributed by atoms with Gasteiger partial charge in [0.1, 0.15) is 151 Å². The average Bonchev–Trinajstić information content (AvgIpc) is 0.731. The fraction of sp³-hybridized carbons (Fsp3) is 0.276. The van der Waals surface area contributed by atoms with E-state index in [4.69, 9.17) is 60.7 Å². The van der Waals surface area contributed by atoms with Crippen molar-refractivity contribution in [2.24, 2.45) is 11.8 Å². The zero-order valence-corrected chi connectivity index (χ0v) is 74.0. The van der Waals surface area contributed by atoms with Gasteiger partial charge in [0.05, 0.1) is 37.5 Å². The number of alkyl halides is 3. The van der Waals surface area contributed by atoms with Crippen LogP contribution in [0.15, 0.2) is 274 Å². The molecule has 2 atom stereocenters. The van der Waals surface area contributed by atoms with Gasteiger partial charge in [-0.2, -0.15) is 13.2 Å². The Hall–Kier alpha value is -14.3. The highest BCUT2D eigenvalue weighted by molar-refractivity contribution is 5.90. The quantitative estimate of drug-likeness (QED) is 0.0304. The molecule has 9 aromatic carbocycles. The fourth-order valence-corrected chi connectivity index (χ4v) is 15.2. The second-order valence-corrected chi connectivity index (χ2v) is 32.8. The molecular formula is C105H101F3N4O20. The van der Waals surface area contributed by atoms with Crippen LogP contribution in [0.3, 0.4) is 0 Å². The number of halogens is 3. The molecule has 24 nitrogen and oxygen atoms in total. The van der Waals surface area contributed by atoms with Crippen LogP contribution in [0.1, 0.15) is 160 Å². The molecule has 1 aliphatic rings. The highest BCUT2D eigenvalue weighted by Gasteiger charge is 2.32. The Kier molecular flexibility index (Phi) is 31.2. The highest BCUT2D eigenvalue weighted by Crippen LogP contribution is 2.41. The number of unbranched alkanes of at least 4 members (excludes halogenated alkanes) is 1. The summed E-state index contributed by atoms with van der Waals surface area (Å²) in [5.74, 6) is 6.43. The predicted molar refractivity (Wildman–Crippen MR) is 496 cm³/mol. The topological polar surface area (TPSA) is 327 Å². The van der Waals surface area contributed by atoms with Gasteiger partial charge in [-0.1, -0.05) is 151 Å². The van der Waals surface area contributed by atoms with Gasteiger partial charge in [0, 0.05) is 139 Å². The number of ether oxygens (including phenoxy) is 8. The van der Waals surface area contributed by atoms with Gasteiger partial charge in [-0.25, -0.2) is 15.0 Å². The molecule has 0 bridgehead atoms. The summed E-state index contributed by atoms with van der Waals surface area (Å²) in [4.78, 5) is 67.7. The third kappa shape index (κ3) is 23.7. The molecule has 27 heteroatoms. The molecule has 4 N–H and O–H groups in total. The van der Waals surface area contributed by atoms with Gasteiger partial charge in [0.2, 0.25) is 5.88 Å². The number of aliphatic hydroxyl groups is 4. The molecule has 1 aliphatic carbocycles. The lowest BCUT2D eigenvalue weighted by Gasteiger charge is -2.30. The van der Waals surface area contributed by atoms with Crippen LogP contribution < -0.4 is 59.6 Å². The zero-order valence-electron chi connectivity index (χ0n) is 74.0. The number of pyridine rings is 2. The molecule has 1 fully saturated rings. The predicted octanol–water partition coefficient (Wildman–Crippen LogP) is 22.0. The van der Waals surface area contributed by atoms with Crippen LogP contribution in [-0.4, -0.2) is 66.8 Å². The first-order valence-electron chi connectivity index (χ1n) is 43.6. The van der Waals surface area contributed by atoms with E-state index in [0.29, 0.717) is 134 Å². The average molecular weight is 1800 g/mol. The summed E-state index contributed by atoms with van der Waals surface area (Å²) in [6.45, 7) is 15.0. The van der Waals surface area contributed by atoms with Gasteiger partial charge in [0.15, 0.2) is 21.7 Å². The van der Waals surface area contributed by atoms with E-state index >= 15 is 0 Å². The molecule has 0 radical (unpaired) electrons. The van der Waals surface area contributed by atoms with Gasteiger partial charge in [0.25, 0.3) is 0 Å². The summed E-state index contributed by atoms with van der Waals surface area (Å²) < 4.78 is 111. The molecule has 0 spiro atoms. The summed E-state index contributed by atoms with van der Waals surface area (Å²) in [6.07, 6.45) is 8.58. The number of hydrogen-bond acceptors (Lipinski definition) is 24. The van der Waals surface area contributed by atoms with Crippen LogP contribution in [0, 0.1) is 18.8 Å². The molecular weight excluding hydrogens is 1690 g/mol. The van der Waals surface area contributed by atoms with E-state index < -0.39 is 11.7 Å². The first-order valence-corrected chi connectivity index (χ1v) is 43.6. The molecule has 1 saturated carbocycles. The van der Waals surface area contributed by atoms with Crippen LogP contribution in [0.2, 0.25) is 0 Å². The van der Waals surface area contributed by atoms with E-state index in [1.165, 1.54) is 36.7 Å². The standard InChI is InChI=1S/C27H27NO5.C27H28O5.C26H22F3NO5.C25H24N2O5/c1-17-12-23(30)27-25(31-16-19-7-3-2-6-18(19)15-29)13-20(14-26(27)32-17)33-24-10-11-28-22-9-5-4-8-21(22)24;1-18(2)24-16-22(29)27-25(30-13-6-5-12-28)14-19(15-26(27)32-24)17-31-23-11-7-9-20-8-3-4-10-21(20)23;1-15(2)21-12-20(32)25-22(33-14-17-6-4-3-5-16(17)13-31)10-19(11-23(25)35-21)34-24-9-18(7-8-30-24)26(27,28)29;1-16(2)22-9-21(29)25-23(31-14-19-6-4-3-5-18(19)12-28)7-20(8-24(25)32-22)30-13-17-10-26-15-27-11-17/h4-5,8-14,18-19,29H,2-3,6-7,15-16H2,1H3;3-4,7-11,14-16,18,28H,5-6,12-13,17H2,1-2H3;3-12,15,31H,13-14H2,1-2H3;3-11,15-16,28H,12-14H2,1-2H3. The number of aliphatic hydroxyl groups excluding tert-OH is 4. The number of aromatic nitrogens is 4. The monoisotopic (exact) mass is 1790 g/mol.